The zero-order valence-corrected chi connectivity index (χ0v) is 16.2. The Kier molecular flexibility index (Phi) is 8.09. The van der Waals surface area contributed by atoms with Crippen LogP contribution >= 0.6 is 24.0 Å². The molecule has 0 radical (unpaired) electrons. The lowest BCUT2D eigenvalue weighted by Gasteiger charge is -2.11. The lowest BCUT2D eigenvalue weighted by atomic mass is 10.1. The SMILES string of the molecule is CN=C(NCCc1c(F)cccc1F)NCc1nc(C)c(C)o1.I. The van der Waals surface area contributed by atoms with Crippen molar-refractivity contribution in [1.82, 2.24) is 15.6 Å². The van der Waals surface area contributed by atoms with Crippen LogP contribution in [0.15, 0.2) is 27.6 Å². The van der Waals surface area contributed by atoms with Gasteiger partial charge in [-0.1, -0.05) is 6.07 Å². The van der Waals surface area contributed by atoms with E-state index in [0.717, 1.165) is 11.5 Å². The van der Waals surface area contributed by atoms with Gasteiger partial charge in [0.1, 0.15) is 17.4 Å². The van der Waals surface area contributed by atoms with Crippen LogP contribution in [0.5, 0.6) is 0 Å². The molecule has 0 amide bonds. The molecule has 1 heterocycles. The second-order valence-corrected chi connectivity index (χ2v) is 5.05. The summed E-state index contributed by atoms with van der Waals surface area (Å²) in [5, 5.41) is 6.04. The Labute approximate surface area is 157 Å². The van der Waals surface area contributed by atoms with Gasteiger partial charge in [0.15, 0.2) is 5.96 Å². The highest BCUT2D eigenvalue weighted by Gasteiger charge is 2.09. The third kappa shape index (κ3) is 5.43. The summed E-state index contributed by atoms with van der Waals surface area (Å²) in [5.41, 5.74) is 0.911. The third-order valence-corrected chi connectivity index (χ3v) is 3.43. The lowest BCUT2D eigenvalue weighted by molar-refractivity contribution is 0.463. The van der Waals surface area contributed by atoms with Gasteiger partial charge in [0, 0.05) is 19.2 Å². The maximum Gasteiger partial charge on any atom is 0.214 e. The number of hydrogen-bond acceptors (Lipinski definition) is 3. The number of hydrogen-bond donors (Lipinski definition) is 2. The summed E-state index contributed by atoms with van der Waals surface area (Å²) >= 11 is 0. The molecular formula is C16H21F2IN4O. The molecule has 0 aliphatic carbocycles. The molecule has 132 valence electrons. The minimum atomic E-state index is -0.541. The first-order chi connectivity index (χ1) is 11.0. The normalized spacial score (nSPS) is 11.1. The van der Waals surface area contributed by atoms with Gasteiger partial charge < -0.3 is 15.1 Å². The van der Waals surface area contributed by atoms with Crippen molar-refractivity contribution in [3.63, 3.8) is 0 Å². The van der Waals surface area contributed by atoms with Gasteiger partial charge in [-0.3, -0.25) is 4.99 Å². The van der Waals surface area contributed by atoms with E-state index >= 15 is 0 Å². The molecule has 0 saturated heterocycles. The number of oxazole rings is 1. The summed E-state index contributed by atoms with van der Waals surface area (Å²) in [6, 6.07) is 3.85. The molecule has 0 unspecified atom stereocenters. The number of aliphatic imine (C=N–C) groups is 1. The first kappa shape index (κ1) is 20.3. The van der Waals surface area contributed by atoms with Crippen LogP contribution in [0, 0.1) is 25.5 Å². The molecule has 5 nitrogen and oxygen atoms in total. The predicted octanol–water partition coefficient (Wildman–Crippen LogP) is 3.10. The van der Waals surface area contributed by atoms with Crippen LogP contribution in [0.25, 0.3) is 0 Å². The second-order valence-electron chi connectivity index (χ2n) is 5.05. The number of aromatic nitrogens is 1. The van der Waals surface area contributed by atoms with E-state index in [2.05, 4.69) is 20.6 Å². The van der Waals surface area contributed by atoms with E-state index in [1.807, 2.05) is 13.8 Å². The minimum Gasteiger partial charge on any atom is -0.444 e. The minimum absolute atomic E-state index is 0. The van der Waals surface area contributed by atoms with Crippen LogP contribution in [0.2, 0.25) is 0 Å². The molecule has 0 spiro atoms. The van der Waals surface area contributed by atoms with Gasteiger partial charge in [0.2, 0.25) is 5.89 Å². The lowest BCUT2D eigenvalue weighted by Crippen LogP contribution is -2.38. The van der Waals surface area contributed by atoms with E-state index < -0.39 is 11.6 Å². The molecule has 0 bridgehead atoms. The molecule has 0 fully saturated rings. The molecular weight excluding hydrogens is 429 g/mol. The highest BCUT2D eigenvalue weighted by Crippen LogP contribution is 2.12. The first-order valence-corrected chi connectivity index (χ1v) is 7.31. The second kappa shape index (κ2) is 9.55. The number of nitrogens with one attached hydrogen (secondary N) is 2. The van der Waals surface area contributed by atoms with Crippen LogP contribution < -0.4 is 10.6 Å². The Morgan fingerprint density at radius 2 is 1.88 bits per heavy atom. The summed E-state index contributed by atoms with van der Waals surface area (Å²) < 4.78 is 32.5. The number of guanidine groups is 1. The van der Waals surface area contributed by atoms with Crippen molar-refractivity contribution in [2.75, 3.05) is 13.6 Å². The van der Waals surface area contributed by atoms with Gasteiger partial charge in [0.25, 0.3) is 0 Å². The smallest absolute Gasteiger partial charge is 0.214 e. The summed E-state index contributed by atoms with van der Waals surface area (Å²) in [6.45, 7) is 4.45. The van der Waals surface area contributed by atoms with Gasteiger partial charge in [-0.2, -0.15) is 0 Å². The fourth-order valence-corrected chi connectivity index (χ4v) is 2.07. The molecule has 2 N–H and O–H groups in total. The first-order valence-electron chi connectivity index (χ1n) is 7.31. The third-order valence-electron chi connectivity index (χ3n) is 3.43. The van der Waals surface area contributed by atoms with Crippen molar-refractivity contribution in [2.45, 2.75) is 26.8 Å². The molecule has 0 aliphatic rings. The monoisotopic (exact) mass is 450 g/mol. The van der Waals surface area contributed by atoms with Gasteiger partial charge in [0.05, 0.1) is 12.2 Å². The van der Waals surface area contributed by atoms with Crippen molar-refractivity contribution >= 4 is 29.9 Å². The van der Waals surface area contributed by atoms with Crippen LogP contribution in [-0.2, 0) is 13.0 Å². The predicted molar refractivity (Wildman–Crippen MR) is 99.7 cm³/mol. The fraction of sp³-hybridized carbons (Fsp3) is 0.375. The van der Waals surface area contributed by atoms with E-state index in [1.165, 1.54) is 18.2 Å². The fourth-order valence-electron chi connectivity index (χ4n) is 2.07. The van der Waals surface area contributed by atoms with Gasteiger partial charge in [-0.15, -0.1) is 24.0 Å². The summed E-state index contributed by atoms with van der Waals surface area (Å²) in [5.74, 6) is 0.763. The van der Waals surface area contributed by atoms with E-state index in [0.29, 0.717) is 24.9 Å². The Morgan fingerprint density at radius 1 is 1.21 bits per heavy atom. The Morgan fingerprint density at radius 3 is 2.42 bits per heavy atom. The van der Waals surface area contributed by atoms with Crippen LogP contribution in [-0.4, -0.2) is 24.5 Å². The van der Waals surface area contributed by atoms with Crippen molar-refractivity contribution in [3.8, 4) is 0 Å². The van der Waals surface area contributed by atoms with Crippen molar-refractivity contribution < 1.29 is 13.2 Å². The molecule has 0 atom stereocenters. The number of benzene rings is 1. The number of rotatable bonds is 5. The average molecular weight is 450 g/mol. The number of nitrogens with zero attached hydrogens (tertiary/aromatic N) is 2. The highest BCUT2D eigenvalue weighted by atomic mass is 127. The molecule has 1 aromatic carbocycles. The van der Waals surface area contributed by atoms with E-state index in [4.69, 9.17) is 4.42 Å². The maximum atomic E-state index is 13.5. The molecule has 0 aliphatic heterocycles. The Hall–Kier alpha value is -1.71. The summed E-state index contributed by atoms with van der Waals surface area (Å²) in [4.78, 5) is 8.30. The molecule has 24 heavy (non-hydrogen) atoms. The van der Waals surface area contributed by atoms with Gasteiger partial charge in [-0.25, -0.2) is 13.8 Å². The van der Waals surface area contributed by atoms with Crippen molar-refractivity contribution in [2.24, 2.45) is 4.99 Å². The topological polar surface area (TPSA) is 62.5 Å². The molecule has 2 rings (SSSR count). The maximum absolute atomic E-state index is 13.5. The Bertz CT molecular complexity index is 664. The van der Waals surface area contributed by atoms with E-state index in [-0.39, 0.29) is 36.0 Å². The summed E-state index contributed by atoms with van der Waals surface area (Å²) in [6.07, 6.45) is 0.219. The number of aryl methyl sites for hydroxylation is 2. The van der Waals surface area contributed by atoms with Gasteiger partial charge >= 0.3 is 0 Å². The van der Waals surface area contributed by atoms with Crippen molar-refractivity contribution in [3.05, 3.63) is 52.7 Å². The molecule has 0 saturated carbocycles. The quantitative estimate of drug-likeness (QED) is 0.418. The average Bonchev–Trinajstić information content (AvgIpc) is 2.84. The van der Waals surface area contributed by atoms with E-state index in [1.54, 1.807) is 7.05 Å². The van der Waals surface area contributed by atoms with Crippen LogP contribution in [0.3, 0.4) is 0 Å². The molecule has 2 aromatic rings. The van der Waals surface area contributed by atoms with E-state index in [9.17, 15) is 8.78 Å². The number of halogens is 3. The molecule has 8 heteroatoms. The molecule has 1 aromatic heterocycles. The van der Waals surface area contributed by atoms with Crippen LogP contribution in [0.4, 0.5) is 8.78 Å². The largest absolute Gasteiger partial charge is 0.444 e. The standard InChI is InChI=1S/C16H20F2N4O.HI/c1-10-11(2)23-15(22-10)9-21-16(19-3)20-8-7-12-13(17)5-4-6-14(12)18;/h4-6H,7-9H2,1-3H3,(H2,19,20,21);1H. The van der Waals surface area contributed by atoms with Crippen molar-refractivity contribution in [1.29, 1.82) is 0 Å². The highest BCUT2D eigenvalue weighted by molar-refractivity contribution is 14.0. The van der Waals surface area contributed by atoms with Gasteiger partial charge in [-0.05, 0) is 32.4 Å². The Balaban J connectivity index is 0.00000288. The zero-order chi connectivity index (χ0) is 16.8. The zero-order valence-electron chi connectivity index (χ0n) is 13.8. The van der Waals surface area contributed by atoms with Crippen LogP contribution in [0.1, 0.15) is 22.9 Å². The summed E-state index contributed by atoms with van der Waals surface area (Å²) in [7, 11) is 1.62.